The Hall–Kier alpha value is -3.13. The number of rotatable bonds is 3. The van der Waals surface area contributed by atoms with Crippen LogP contribution in [-0.2, 0) is 12.8 Å². The molecule has 0 aliphatic heterocycles. The van der Waals surface area contributed by atoms with Crippen LogP contribution in [0.25, 0.3) is 27.7 Å². The molecule has 0 saturated carbocycles. The van der Waals surface area contributed by atoms with Crippen molar-refractivity contribution in [3.8, 4) is 0 Å². The molecule has 0 saturated heterocycles. The number of para-hydroxylation sites is 3. The highest BCUT2D eigenvalue weighted by atomic mass is 32.2. The molecule has 3 heterocycles. The maximum Gasteiger partial charge on any atom is 0.261 e. The molecule has 0 atom stereocenters. The molecule has 0 aliphatic rings. The van der Waals surface area contributed by atoms with E-state index in [1.165, 1.54) is 11.8 Å². The van der Waals surface area contributed by atoms with Crippen LogP contribution >= 0.6 is 11.8 Å². The molecule has 0 aliphatic carbocycles. The van der Waals surface area contributed by atoms with Crippen LogP contribution in [0.5, 0.6) is 0 Å². The van der Waals surface area contributed by atoms with Gasteiger partial charge in [0, 0.05) is 7.05 Å². The summed E-state index contributed by atoms with van der Waals surface area (Å²) in [6, 6.07) is 15.3. The van der Waals surface area contributed by atoms with E-state index in [4.69, 9.17) is 0 Å². The second kappa shape index (κ2) is 5.70. The van der Waals surface area contributed by atoms with E-state index in [1.54, 1.807) is 17.7 Å². The van der Waals surface area contributed by atoms with Gasteiger partial charge in [0.05, 0.1) is 27.7 Å². The molecule has 128 valence electrons. The van der Waals surface area contributed by atoms with Crippen LogP contribution in [0.4, 0.5) is 0 Å². The largest absolute Gasteiger partial charge is 0.299 e. The van der Waals surface area contributed by atoms with Crippen LogP contribution in [0.3, 0.4) is 0 Å². The number of aromatic amines is 1. The van der Waals surface area contributed by atoms with Crippen LogP contribution in [0, 0.1) is 0 Å². The monoisotopic (exact) mass is 362 g/mol. The zero-order valence-corrected chi connectivity index (χ0v) is 14.7. The minimum Gasteiger partial charge on any atom is -0.299 e. The number of nitrogens with one attached hydrogen (secondary N) is 1. The summed E-state index contributed by atoms with van der Waals surface area (Å²) in [6.07, 6.45) is 0. The Labute approximate surface area is 151 Å². The van der Waals surface area contributed by atoms with Crippen molar-refractivity contribution in [2.75, 3.05) is 0 Å². The third-order valence-electron chi connectivity index (χ3n) is 4.41. The molecule has 5 rings (SSSR count). The van der Waals surface area contributed by atoms with Gasteiger partial charge in [0.1, 0.15) is 5.82 Å². The summed E-state index contributed by atoms with van der Waals surface area (Å²) in [4.78, 5) is 21.7. The molecular weight excluding hydrogens is 348 g/mol. The minimum absolute atomic E-state index is 0.0357. The van der Waals surface area contributed by atoms with Gasteiger partial charge in [-0.1, -0.05) is 36.0 Å². The molecule has 7 nitrogen and oxygen atoms in total. The van der Waals surface area contributed by atoms with Gasteiger partial charge < -0.3 is 0 Å². The van der Waals surface area contributed by atoms with E-state index in [9.17, 15) is 4.79 Å². The SMILES string of the molecule is Cn1c(CSc2n[nH]c3nc4ccccc4n23)nc2ccccc2c1=O. The van der Waals surface area contributed by atoms with E-state index in [0.717, 1.165) is 16.2 Å². The molecule has 26 heavy (non-hydrogen) atoms. The first-order valence-electron chi connectivity index (χ1n) is 8.11. The maximum atomic E-state index is 12.5. The van der Waals surface area contributed by atoms with E-state index in [2.05, 4.69) is 20.2 Å². The second-order valence-electron chi connectivity index (χ2n) is 5.96. The number of aromatic nitrogens is 6. The second-order valence-corrected chi connectivity index (χ2v) is 6.91. The fourth-order valence-corrected chi connectivity index (χ4v) is 4.00. The van der Waals surface area contributed by atoms with Crippen molar-refractivity contribution in [2.45, 2.75) is 10.9 Å². The predicted octanol–water partition coefficient (Wildman–Crippen LogP) is 2.75. The first-order valence-corrected chi connectivity index (χ1v) is 9.10. The Bertz CT molecular complexity index is 1330. The number of hydrogen-bond donors (Lipinski definition) is 1. The van der Waals surface area contributed by atoms with Crippen LogP contribution < -0.4 is 5.56 Å². The summed E-state index contributed by atoms with van der Waals surface area (Å²) in [5, 5.41) is 8.74. The number of nitrogens with zero attached hydrogens (tertiary/aromatic N) is 5. The highest BCUT2D eigenvalue weighted by Crippen LogP contribution is 2.25. The van der Waals surface area contributed by atoms with Gasteiger partial charge in [0.15, 0.2) is 5.16 Å². The number of imidazole rings is 1. The van der Waals surface area contributed by atoms with Crippen LogP contribution in [0.1, 0.15) is 5.82 Å². The minimum atomic E-state index is -0.0357. The van der Waals surface area contributed by atoms with E-state index < -0.39 is 0 Å². The third kappa shape index (κ3) is 2.22. The van der Waals surface area contributed by atoms with Gasteiger partial charge in [-0.3, -0.25) is 13.8 Å². The zero-order chi connectivity index (χ0) is 17.7. The summed E-state index contributed by atoms with van der Waals surface area (Å²) >= 11 is 1.52. The summed E-state index contributed by atoms with van der Waals surface area (Å²) in [5.41, 5.74) is 2.59. The number of fused-ring (bicyclic) bond motifs is 4. The van der Waals surface area contributed by atoms with Gasteiger partial charge in [-0.15, -0.1) is 5.10 Å². The van der Waals surface area contributed by atoms with Gasteiger partial charge >= 0.3 is 0 Å². The third-order valence-corrected chi connectivity index (χ3v) is 5.34. The summed E-state index contributed by atoms with van der Waals surface area (Å²) in [5.74, 6) is 1.94. The first-order chi connectivity index (χ1) is 12.7. The number of thioether (sulfide) groups is 1. The topological polar surface area (TPSA) is 80.9 Å². The van der Waals surface area contributed by atoms with Gasteiger partial charge in [-0.25, -0.2) is 15.1 Å². The van der Waals surface area contributed by atoms with Crippen molar-refractivity contribution < 1.29 is 0 Å². The summed E-state index contributed by atoms with van der Waals surface area (Å²) < 4.78 is 3.59. The van der Waals surface area contributed by atoms with E-state index >= 15 is 0 Å². The highest BCUT2D eigenvalue weighted by Gasteiger charge is 2.14. The Morgan fingerprint density at radius 3 is 2.69 bits per heavy atom. The number of hydrogen-bond acceptors (Lipinski definition) is 5. The molecule has 1 N–H and O–H groups in total. The Balaban J connectivity index is 1.56. The fourth-order valence-electron chi connectivity index (χ4n) is 3.06. The van der Waals surface area contributed by atoms with Gasteiger partial charge in [-0.05, 0) is 24.3 Å². The van der Waals surface area contributed by atoms with E-state index in [0.29, 0.717) is 28.3 Å². The summed E-state index contributed by atoms with van der Waals surface area (Å²) in [7, 11) is 1.75. The Morgan fingerprint density at radius 2 is 1.81 bits per heavy atom. The molecular formula is C18H14N6OS. The average molecular weight is 362 g/mol. The molecule has 0 amide bonds. The number of benzene rings is 2. The standard InChI is InChI=1S/C18H14N6OS/c1-23-15(19-12-7-3-2-6-11(12)16(23)25)10-26-18-22-21-17-20-13-8-4-5-9-14(13)24(17)18/h2-9H,10H2,1H3,(H,20,21). The van der Waals surface area contributed by atoms with Crippen molar-refractivity contribution in [3.05, 3.63) is 64.7 Å². The molecule has 8 heteroatoms. The van der Waals surface area contributed by atoms with E-state index in [1.807, 2.05) is 46.9 Å². The van der Waals surface area contributed by atoms with Crippen molar-refractivity contribution in [1.29, 1.82) is 0 Å². The molecule has 5 aromatic rings. The molecule has 0 fully saturated rings. The van der Waals surface area contributed by atoms with E-state index in [-0.39, 0.29) is 5.56 Å². The average Bonchev–Trinajstić information content (AvgIpc) is 3.23. The lowest BCUT2D eigenvalue weighted by Gasteiger charge is -2.08. The Morgan fingerprint density at radius 1 is 1.04 bits per heavy atom. The van der Waals surface area contributed by atoms with Crippen molar-refractivity contribution in [3.63, 3.8) is 0 Å². The van der Waals surface area contributed by atoms with Gasteiger partial charge in [0.25, 0.3) is 5.56 Å². The normalized spacial score (nSPS) is 11.7. The smallest absolute Gasteiger partial charge is 0.261 e. The molecule has 0 bridgehead atoms. The molecule has 0 spiro atoms. The lowest BCUT2D eigenvalue weighted by Crippen LogP contribution is -2.21. The fraction of sp³-hybridized carbons (Fsp3) is 0.111. The highest BCUT2D eigenvalue weighted by molar-refractivity contribution is 7.98. The summed E-state index contributed by atoms with van der Waals surface area (Å²) in [6.45, 7) is 0. The lowest BCUT2D eigenvalue weighted by atomic mass is 10.2. The lowest BCUT2D eigenvalue weighted by molar-refractivity contribution is 0.783. The number of H-pyrrole nitrogens is 1. The predicted molar refractivity (Wildman–Crippen MR) is 101 cm³/mol. The van der Waals surface area contributed by atoms with Crippen molar-refractivity contribution >= 4 is 39.5 Å². The van der Waals surface area contributed by atoms with Crippen molar-refractivity contribution in [2.24, 2.45) is 7.05 Å². The molecule has 2 aromatic carbocycles. The Kier molecular flexibility index (Phi) is 3.32. The first kappa shape index (κ1) is 15.2. The van der Waals surface area contributed by atoms with Gasteiger partial charge in [0.2, 0.25) is 5.78 Å². The van der Waals surface area contributed by atoms with Crippen LogP contribution in [-0.4, -0.2) is 29.1 Å². The molecule has 0 radical (unpaired) electrons. The zero-order valence-electron chi connectivity index (χ0n) is 13.9. The molecule has 0 unspecified atom stereocenters. The van der Waals surface area contributed by atoms with Gasteiger partial charge in [-0.2, -0.15) is 0 Å². The quantitative estimate of drug-likeness (QED) is 0.499. The van der Waals surface area contributed by atoms with Crippen LogP contribution in [0.15, 0.2) is 58.5 Å². The molecule has 3 aromatic heterocycles. The van der Waals surface area contributed by atoms with Crippen molar-refractivity contribution in [1.82, 2.24) is 29.1 Å². The maximum absolute atomic E-state index is 12.5. The van der Waals surface area contributed by atoms with Crippen LogP contribution in [0.2, 0.25) is 0 Å².